The van der Waals surface area contributed by atoms with Crippen LogP contribution in [-0.4, -0.2) is 22.4 Å². The second-order valence-corrected chi connectivity index (χ2v) is 5.55. The molecule has 4 nitrogen and oxygen atoms in total. The average molecular weight is 285 g/mol. The van der Waals surface area contributed by atoms with Gasteiger partial charge in [0.2, 0.25) is 0 Å². The van der Waals surface area contributed by atoms with Crippen LogP contribution in [-0.2, 0) is 10.3 Å². The fourth-order valence-corrected chi connectivity index (χ4v) is 3.08. The smallest absolute Gasteiger partial charge is 0.360 e. The molecule has 5 heteroatoms. The molecule has 0 unspecified atom stereocenters. The minimum absolute atomic E-state index is 0.220. The molecule has 1 aromatic rings. The summed E-state index contributed by atoms with van der Waals surface area (Å²) in [7, 11) is 0. The van der Waals surface area contributed by atoms with E-state index in [-0.39, 0.29) is 11.5 Å². The largest absolute Gasteiger partial charge is 0.461 e. The highest BCUT2D eigenvalue weighted by Gasteiger charge is 2.58. The van der Waals surface area contributed by atoms with Gasteiger partial charge in [-0.1, -0.05) is 0 Å². The van der Waals surface area contributed by atoms with E-state index in [0.717, 1.165) is 10.4 Å². The van der Waals surface area contributed by atoms with Crippen LogP contribution in [0.3, 0.4) is 0 Å². The molecule has 0 aromatic carbocycles. The number of ether oxygens (including phenoxy) is 1. The van der Waals surface area contributed by atoms with E-state index in [1.54, 1.807) is 6.92 Å². The molecule has 3 saturated carbocycles. The number of hydrogen-bond acceptors (Lipinski definition) is 3. The lowest BCUT2D eigenvalue weighted by molar-refractivity contribution is -0.0979. The molecule has 0 atom stereocenters. The Morgan fingerprint density at radius 3 is 2.88 bits per heavy atom. The standard InChI is InChI=1S/C11H13BrN2O2/c1-2-16-10(15)9-8(12)6-14(13-9)11-3-7(4-11)5-11/h6-7H,2-5H2,1H3. The van der Waals surface area contributed by atoms with Gasteiger partial charge in [-0.2, -0.15) is 5.10 Å². The van der Waals surface area contributed by atoms with E-state index in [4.69, 9.17) is 4.74 Å². The van der Waals surface area contributed by atoms with Crippen LogP contribution in [0.4, 0.5) is 0 Å². The first-order valence-corrected chi connectivity index (χ1v) is 6.37. The van der Waals surface area contributed by atoms with Crippen LogP contribution in [0.15, 0.2) is 10.7 Å². The quantitative estimate of drug-likeness (QED) is 0.801. The van der Waals surface area contributed by atoms with Gasteiger partial charge in [0, 0.05) is 6.20 Å². The van der Waals surface area contributed by atoms with Crippen LogP contribution >= 0.6 is 15.9 Å². The fraction of sp³-hybridized carbons (Fsp3) is 0.636. The molecule has 1 heterocycles. The Labute approximate surface area is 102 Å². The first kappa shape index (κ1) is 10.3. The summed E-state index contributed by atoms with van der Waals surface area (Å²) in [6, 6.07) is 0. The van der Waals surface area contributed by atoms with Gasteiger partial charge in [0.25, 0.3) is 0 Å². The van der Waals surface area contributed by atoms with Crippen molar-refractivity contribution in [1.29, 1.82) is 0 Å². The van der Waals surface area contributed by atoms with Gasteiger partial charge in [-0.15, -0.1) is 0 Å². The summed E-state index contributed by atoms with van der Waals surface area (Å²) in [5, 5.41) is 4.36. The van der Waals surface area contributed by atoms with Gasteiger partial charge >= 0.3 is 5.97 Å². The Bertz CT molecular complexity index is 438. The van der Waals surface area contributed by atoms with E-state index in [1.165, 1.54) is 19.3 Å². The van der Waals surface area contributed by atoms with Crippen molar-refractivity contribution in [2.24, 2.45) is 5.92 Å². The van der Waals surface area contributed by atoms with E-state index in [2.05, 4.69) is 21.0 Å². The Morgan fingerprint density at radius 2 is 2.38 bits per heavy atom. The number of halogens is 1. The van der Waals surface area contributed by atoms with Crippen LogP contribution in [0.5, 0.6) is 0 Å². The van der Waals surface area contributed by atoms with Crippen molar-refractivity contribution in [3.63, 3.8) is 0 Å². The summed E-state index contributed by atoms with van der Waals surface area (Å²) in [5.41, 5.74) is 0.615. The number of hydrogen-bond donors (Lipinski definition) is 0. The zero-order valence-electron chi connectivity index (χ0n) is 9.07. The molecule has 1 aromatic heterocycles. The van der Waals surface area contributed by atoms with E-state index in [9.17, 15) is 4.79 Å². The summed E-state index contributed by atoms with van der Waals surface area (Å²) in [6.07, 6.45) is 5.54. The molecule has 16 heavy (non-hydrogen) atoms. The second kappa shape index (κ2) is 3.32. The third-order valence-electron chi connectivity index (χ3n) is 3.63. The summed E-state index contributed by atoms with van der Waals surface area (Å²) in [6.45, 7) is 2.18. The van der Waals surface area contributed by atoms with E-state index in [1.807, 2.05) is 10.9 Å². The van der Waals surface area contributed by atoms with Crippen LogP contribution in [0, 0.1) is 5.92 Å². The molecule has 86 valence electrons. The zero-order chi connectivity index (χ0) is 11.3. The molecule has 3 aliphatic carbocycles. The number of esters is 1. The molecule has 2 bridgehead atoms. The lowest BCUT2D eigenvalue weighted by Crippen LogP contribution is -2.59. The lowest BCUT2D eigenvalue weighted by atomic mass is 9.50. The van der Waals surface area contributed by atoms with E-state index < -0.39 is 0 Å². The summed E-state index contributed by atoms with van der Waals surface area (Å²) >= 11 is 3.37. The molecule has 3 fully saturated rings. The summed E-state index contributed by atoms with van der Waals surface area (Å²) < 4.78 is 7.63. The first-order chi connectivity index (χ1) is 7.64. The van der Waals surface area contributed by atoms with Crippen LogP contribution in [0.1, 0.15) is 36.7 Å². The van der Waals surface area contributed by atoms with Gasteiger partial charge in [-0.05, 0) is 48.0 Å². The van der Waals surface area contributed by atoms with Crippen molar-refractivity contribution in [2.45, 2.75) is 31.7 Å². The van der Waals surface area contributed by atoms with Crippen molar-refractivity contribution >= 4 is 21.9 Å². The number of carbonyl (C=O) groups is 1. The molecule has 0 N–H and O–H groups in total. The normalized spacial score (nSPS) is 30.5. The van der Waals surface area contributed by atoms with Crippen molar-refractivity contribution in [3.8, 4) is 0 Å². The third kappa shape index (κ3) is 1.27. The van der Waals surface area contributed by atoms with Gasteiger partial charge in [-0.3, -0.25) is 4.68 Å². The van der Waals surface area contributed by atoms with Gasteiger partial charge in [0.05, 0.1) is 16.6 Å². The number of carbonyl (C=O) groups excluding carboxylic acids is 1. The third-order valence-corrected chi connectivity index (χ3v) is 4.21. The van der Waals surface area contributed by atoms with Crippen LogP contribution < -0.4 is 0 Å². The second-order valence-electron chi connectivity index (χ2n) is 4.69. The predicted octanol–water partition coefficient (Wildman–Crippen LogP) is 2.33. The Kier molecular flexibility index (Phi) is 2.14. The number of nitrogens with zero attached hydrogens (tertiary/aromatic N) is 2. The number of rotatable bonds is 3. The zero-order valence-corrected chi connectivity index (χ0v) is 10.7. The minimum Gasteiger partial charge on any atom is -0.461 e. The molecule has 0 amide bonds. The number of aromatic nitrogens is 2. The van der Waals surface area contributed by atoms with E-state index >= 15 is 0 Å². The maximum absolute atomic E-state index is 11.6. The highest BCUT2D eigenvalue weighted by molar-refractivity contribution is 9.10. The lowest BCUT2D eigenvalue weighted by Gasteiger charge is -2.61. The fourth-order valence-electron chi connectivity index (χ4n) is 2.65. The molecule has 4 rings (SSSR count). The molecule has 0 radical (unpaired) electrons. The Balaban J connectivity index is 1.87. The SMILES string of the molecule is CCOC(=O)c1nn(C23CC(C2)C3)cc1Br. The molecule has 0 saturated heterocycles. The van der Waals surface area contributed by atoms with E-state index in [0.29, 0.717) is 12.3 Å². The Hall–Kier alpha value is -0.840. The predicted molar refractivity (Wildman–Crippen MR) is 61.2 cm³/mol. The van der Waals surface area contributed by atoms with Crippen LogP contribution in [0.2, 0.25) is 0 Å². The highest BCUT2D eigenvalue weighted by Crippen LogP contribution is 2.62. The molecular formula is C11H13BrN2O2. The Morgan fingerprint density at radius 1 is 1.69 bits per heavy atom. The monoisotopic (exact) mass is 284 g/mol. The van der Waals surface area contributed by atoms with Crippen molar-refractivity contribution in [3.05, 3.63) is 16.4 Å². The molecule has 0 aliphatic heterocycles. The average Bonchev–Trinajstić information content (AvgIpc) is 2.42. The van der Waals surface area contributed by atoms with Crippen molar-refractivity contribution < 1.29 is 9.53 Å². The first-order valence-electron chi connectivity index (χ1n) is 5.57. The van der Waals surface area contributed by atoms with Gasteiger partial charge in [0.15, 0.2) is 5.69 Å². The molecular weight excluding hydrogens is 272 g/mol. The van der Waals surface area contributed by atoms with Crippen molar-refractivity contribution in [2.75, 3.05) is 6.61 Å². The maximum Gasteiger partial charge on any atom is 0.360 e. The summed E-state index contributed by atoms with van der Waals surface area (Å²) in [5.74, 6) is 0.550. The van der Waals surface area contributed by atoms with Gasteiger partial charge < -0.3 is 4.74 Å². The van der Waals surface area contributed by atoms with Gasteiger partial charge in [0.1, 0.15) is 0 Å². The van der Waals surface area contributed by atoms with Gasteiger partial charge in [-0.25, -0.2) is 4.79 Å². The van der Waals surface area contributed by atoms with Crippen molar-refractivity contribution in [1.82, 2.24) is 9.78 Å². The highest BCUT2D eigenvalue weighted by atomic mass is 79.9. The summed E-state index contributed by atoms with van der Waals surface area (Å²) in [4.78, 5) is 11.6. The molecule has 0 spiro atoms. The topological polar surface area (TPSA) is 44.1 Å². The maximum atomic E-state index is 11.6. The minimum atomic E-state index is -0.347. The van der Waals surface area contributed by atoms with Crippen LogP contribution in [0.25, 0.3) is 0 Å². The molecule has 3 aliphatic rings.